The van der Waals surface area contributed by atoms with Crippen LogP contribution < -0.4 is 19.6 Å². The molecule has 1 aliphatic rings. The third-order valence-electron chi connectivity index (χ3n) is 3.13. The highest BCUT2D eigenvalue weighted by atomic mass is 35.5. The molecule has 0 radical (unpaired) electrons. The van der Waals surface area contributed by atoms with Gasteiger partial charge in [-0.2, -0.15) is 5.10 Å². The van der Waals surface area contributed by atoms with Gasteiger partial charge in [-0.1, -0.05) is 34.8 Å². The third kappa shape index (κ3) is 4.48. The second-order valence-corrected chi connectivity index (χ2v) is 6.11. The predicted octanol–water partition coefficient (Wildman–Crippen LogP) is 3.90. The van der Waals surface area contributed by atoms with Gasteiger partial charge in [0.25, 0.3) is 5.91 Å². The summed E-state index contributed by atoms with van der Waals surface area (Å²) in [6.45, 7) is -0.0859. The van der Waals surface area contributed by atoms with Crippen molar-refractivity contribution in [1.29, 1.82) is 0 Å². The zero-order valence-electron chi connectivity index (χ0n) is 12.6. The zero-order chi connectivity index (χ0) is 17.8. The summed E-state index contributed by atoms with van der Waals surface area (Å²) in [5.41, 5.74) is 3.09. The first kappa shape index (κ1) is 17.7. The number of carbonyl (C=O) groups excluding carboxylic acids is 1. The maximum absolute atomic E-state index is 11.8. The second-order valence-electron chi connectivity index (χ2n) is 4.89. The van der Waals surface area contributed by atoms with Gasteiger partial charge in [-0.3, -0.25) is 4.79 Å². The van der Waals surface area contributed by atoms with E-state index in [-0.39, 0.29) is 29.2 Å². The van der Waals surface area contributed by atoms with E-state index in [2.05, 4.69) is 10.5 Å². The number of ether oxygens (including phenoxy) is 3. The molecule has 25 heavy (non-hydrogen) atoms. The Hall–Kier alpha value is -2.15. The molecule has 0 atom stereocenters. The fourth-order valence-electron chi connectivity index (χ4n) is 1.96. The molecular formula is C16H11Cl3N2O4. The van der Waals surface area contributed by atoms with Crippen molar-refractivity contribution < 1.29 is 19.0 Å². The van der Waals surface area contributed by atoms with Gasteiger partial charge in [-0.25, -0.2) is 5.43 Å². The van der Waals surface area contributed by atoms with Crippen molar-refractivity contribution in [2.24, 2.45) is 5.10 Å². The molecule has 6 nitrogen and oxygen atoms in total. The van der Waals surface area contributed by atoms with Crippen LogP contribution in [0.25, 0.3) is 0 Å². The second kappa shape index (κ2) is 7.82. The smallest absolute Gasteiger partial charge is 0.277 e. The predicted molar refractivity (Wildman–Crippen MR) is 95.3 cm³/mol. The van der Waals surface area contributed by atoms with Gasteiger partial charge in [-0.05, 0) is 29.8 Å². The SMILES string of the molecule is O=C(COc1cc(Cl)c(Cl)cc1Cl)N/N=C/c1ccc2c(c1)OCO2. The van der Waals surface area contributed by atoms with Crippen LogP contribution in [0.4, 0.5) is 0 Å². The standard InChI is InChI=1S/C16H11Cl3N2O4/c17-10-4-12(19)14(5-11(10)18)23-7-16(22)21-20-6-9-1-2-13-15(3-9)25-8-24-13/h1-6H,7-8H2,(H,21,22)/b20-6+. The lowest BCUT2D eigenvalue weighted by Gasteiger charge is -2.08. The monoisotopic (exact) mass is 400 g/mol. The summed E-state index contributed by atoms with van der Waals surface area (Å²) in [6, 6.07) is 8.19. The van der Waals surface area contributed by atoms with Crippen LogP contribution in [0.5, 0.6) is 17.2 Å². The Morgan fingerprint density at radius 2 is 1.88 bits per heavy atom. The minimum absolute atomic E-state index is 0.196. The van der Waals surface area contributed by atoms with Gasteiger partial charge in [0.2, 0.25) is 6.79 Å². The molecule has 1 aliphatic heterocycles. The molecule has 0 saturated heterocycles. The number of hydrazone groups is 1. The van der Waals surface area contributed by atoms with Gasteiger partial charge in [0.15, 0.2) is 18.1 Å². The summed E-state index contributed by atoms with van der Waals surface area (Å²) in [7, 11) is 0. The first-order chi connectivity index (χ1) is 12.0. The minimum Gasteiger partial charge on any atom is -0.482 e. The average molecular weight is 402 g/mol. The quantitative estimate of drug-likeness (QED) is 0.469. The van der Waals surface area contributed by atoms with Crippen molar-refractivity contribution in [3.8, 4) is 17.2 Å². The van der Waals surface area contributed by atoms with Gasteiger partial charge in [0.1, 0.15) is 5.75 Å². The summed E-state index contributed by atoms with van der Waals surface area (Å²) < 4.78 is 15.8. The fourth-order valence-corrected chi connectivity index (χ4v) is 2.55. The highest BCUT2D eigenvalue weighted by molar-refractivity contribution is 6.43. The Bertz CT molecular complexity index is 842. The summed E-state index contributed by atoms with van der Waals surface area (Å²) in [5.74, 6) is 1.10. The normalized spacial score (nSPS) is 12.4. The van der Waals surface area contributed by atoms with Crippen LogP contribution in [0.15, 0.2) is 35.4 Å². The number of fused-ring (bicyclic) bond motifs is 1. The number of benzene rings is 2. The lowest BCUT2D eigenvalue weighted by atomic mass is 10.2. The molecule has 0 bridgehead atoms. The van der Waals surface area contributed by atoms with E-state index in [1.54, 1.807) is 18.2 Å². The Labute approximate surface area is 158 Å². The first-order valence-corrected chi connectivity index (χ1v) is 8.15. The first-order valence-electron chi connectivity index (χ1n) is 7.02. The van der Waals surface area contributed by atoms with E-state index in [0.29, 0.717) is 16.5 Å². The molecule has 0 aromatic heterocycles. The zero-order valence-corrected chi connectivity index (χ0v) is 14.9. The van der Waals surface area contributed by atoms with Crippen molar-refractivity contribution in [2.45, 2.75) is 0 Å². The van der Waals surface area contributed by atoms with E-state index >= 15 is 0 Å². The lowest BCUT2D eigenvalue weighted by molar-refractivity contribution is -0.123. The van der Waals surface area contributed by atoms with E-state index < -0.39 is 5.91 Å². The molecule has 1 amide bonds. The number of hydrogen-bond acceptors (Lipinski definition) is 5. The molecule has 9 heteroatoms. The number of nitrogens with one attached hydrogen (secondary N) is 1. The van der Waals surface area contributed by atoms with Crippen molar-refractivity contribution in [2.75, 3.05) is 13.4 Å². The maximum atomic E-state index is 11.8. The van der Waals surface area contributed by atoms with Crippen LogP contribution in [-0.2, 0) is 4.79 Å². The molecule has 0 aliphatic carbocycles. The summed E-state index contributed by atoms with van der Waals surface area (Å²) in [6.07, 6.45) is 1.48. The summed E-state index contributed by atoms with van der Waals surface area (Å²) >= 11 is 17.7. The Balaban J connectivity index is 1.52. The minimum atomic E-state index is -0.459. The van der Waals surface area contributed by atoms with Crippen LogP contribution >= 0.6 is 34.8 Å². The van der Waals surface area contributed by atoms with E-state index in [1.165, 1.54) is 18.3 Å². The number of amides is 1. The molecule has 1 heterocycles. The molecule has 0 fully saturated rings. The van der Waals surface area contributed by atoms with Crippen LogP contribution in [0.3, 0.4) is 0 Å². The van der Waals surface area contributed by atoms with Crippen LogP contribution in [-0.4, -0.2) is 25.5 Å². The van der Waals surface area contributed by atoms with Crippen molar-refractivity contribution >= 4 is 46.9 Å². The molecule has 2 aromatic carbocycles. The van der Waals surface area contributed by atoms with Crippen molar-refractivity contribution in [1.82, 2.24) is 5.43 Å². The highest BCUT2D eigenvalue weighted by Crippen LogP contribution is 2.34. The van der Waals surface area contributed by atoms with Crippen molar-refractivity contribution in [3.63, 3.8) is 0 Å². The largest absolute Gasteiger partial charge is 0.482 e. The lowest BCUT2D eigenvalue weighted by Crippen LogP contribution is -2.24. The van der Waals surface area contributed by atoms with Crippen LogP contribution in [0, 0.1) is 0 Å². The molecule has 0 unspecified atom stereocenters. The Morgan fingerprint density at radius 1 is 1.12 bits per heavy atom. The third-order valence-corrected chi connectivity index (χ3v) is 4.15. The van der Waals surface area contributed by atoms with Gasteiger partial charge in [0, 0.05) is 6.07 Å². The number of nitrogens with zero attached hydrogens (tertiary/aromatic N) is 1. The molecule has 2 aromatic rings. The molecule has 1 N–H and O–H groups in total. The van der Waals surface area contributed by atoms with E-state index in [4.69, 9.17) is 49.0 Å². The summed E-state index contributed by atoms with van der Waals surface area (Å²) in [5, 5.41) is 4.69. The van der Waals surface area contributed by atoms with Gasteiger partial charge >= 0.3 is 0 Å². The van der Waals surface area contributed by atoms with Gasteiger partial charge in [0.05, 0.1) is 21.3 Å². The number of carbonyl (C=O) groups is 1. The maximum Gasteiger partial charge on any atom is 0.277 e. The molecule has 0 spiro atoms. The van der Waals surface area contributed by atoms with Gasteiger partial charge in [-0.15, -0.1) is 0 Å². The Kier molecular flexibility index (Phi) is 5.53. The number of halogens is 3. The molecular weight excluding hydrogens is 391 g/mol. The van der Waals surface area contributed by atoms with Gasteiger partial charge < -0.3 is 14.2 Å². The number of hydrogen-bond donors (Lipinski definition) is 1. The van der Waals surface area contributed by atoms with Crippen LogP contribution in [0.2, 0.25) is 15.1 Å². The van der Waals surface area contributed by atoms with Crippen molar-refractivity contribution in [3.05, 3.63) is 51.0 Å². The van der Waals surface area contributed by atoms with E-state index in [1.807, 2.05) is 0 Å². The molecule has 130 valence electrons. The van der Waals surface area contributed by atoms with E-state index in [0.717, 1.165) is 5.56 Å². The fraction of sp³-hybridized carbons (Fsp3) is 0.125. The Morgan fingerprint density at radius 3 is 2.72 bits per heavy atom. The van der Waals surface area contributed by atoms with E-state index in [9.17, 15) is 4.79 Å². The molecule has 3 rings (SSSR count). The van der Waals surface area contributed by atoms with Crippen LogP contribution in [0.1, 0.15) is 5.56 Å². The topological polar surface area (TPSA) is 69.2 Å². The highest BCUT2D eigenvalue weighted by Gasteiger charge is 2.12. The average Bonchev–Trinajstić information content (AvgIpc) is 3.04. The number of rotatable bonds is 5. The summed E-state index contributed by atoms with van der Waals surface area (Å²) in [4.78, 5) is 11.8. The molecule has 0 saturated carbocycles.